The number of rotatable bonds is 7. The summed E-state index contributed by atoms with van der Waals surface area (Å²) in [6.07, 6.45) is 2.67. The lowest BCUT2D eigenvalue weighted by Gasteiger charge is -2.20. The van der Waals surface area contributed by atoms with Gasteiger partial charge in [-0.15, -0.1) is 0 Å². The highest BCUT2D eigenvalue weighted by Gasteiger charge is 2.20. The van der Waals surface area contributed by atoms with Crippen molar-refractivity contribution < 1.29 is 4.74 Å². The fourth-order valence-corrected chi connectivity index (χ4v) is 2.05. The van der Waals surface area contributed by atoms with Crippen molar-refractivity contribution >= 4 is 11.5 Å². The minimum Gasteiger partial charge on any atom is -0.384 e. The fraction of sp³-hybridized carbons (Fsp3) is 0.533. The lowest BCUT2D eigenvalue weighted by molar-refractivity contribution is 0.131. The molecule has 3 N–H and O–H groups in total. The normalized spacial score (nSPS) is 14.4. The maximum absolute atomic E-state index is 7.48. The molecule has 4 nitrogen and oxygen atoms in total. The number of hydrogen-bond donors (Lipinski definition) is 2. The van der Waals surface area contributed by atoms with E-state index < -0.39 is 0 Å². The Labute approximate surface area is 115 Å². The molecule has 1 aromatic rings. The van der Waals surface area contributed by atoms with Gasteiger partial charge >= 0.3 is 0 Å². The van der Waals surface area contributed by atoms with Gasteiger partial charge in [-0.2, -0.15) is 0 Å². The molecule has 0 heterocycles. The van der Waals surface area contributed by atoms with Gasteiger partial charge in [-0.1, -0.05) is 0 Å². The Kier molecular flexibility index (Phi) is 4.43. The molecule has 19 heavy (non-hydrogen) atoms. The number of ether oxygens (including phenoxy) is 1. The average molecular weight is 261 g/mol. The molecular weight excluding hydrogens is 238 g/mol. The highest BCUT2D eigenvalue weighted by atomic mass is 16.5. The number of amidine groups is 1. The van der Waals surface area contributed by atoms with Crippen LogP contribution in [0.15, 0.2) is 18.2 Å². The smallest absolute Gasteiger partial charge is 0.123 e. The summed E-state index contributed by atoms with van der Waals surface area (Å²) >= 11 is 0. The number of nitrogens with zero attached hydrogens (tertiary/aromatic N) is 1. The van der Waals surface area contributed by atoms with Crippen LogP contribution in [0.2, 0.25) is 0 Å². The van der Waals surface area contributed by atoms with Gasteiger partial charge in [0.1, 0.15) is 5.84 Å². The molecule has 0 bridgehead atoms. The number of hydrogen-bond acceptors (Lipinski definition) is 3. The second-order valence-corrected chi connectivity index (χ2v) is 5.35. The van der Waals surface area contributed by atoms with Crippen LogP contribution < -0.4 is 10.6 Å². The van der Waals surface area contributed by atoms with Crippen LogP contribution >= 0.6 is 0 Å². The van der Waals surface area contributed by atoms with Gasteiger partial charge in [-0.3, -0.25) is 5.41 Å². The predicted molar refractivity (Wildman–Crippen MR) is 79.0 cm³/mol. The van der Waals surface area contributed by atoms with Gasteiger partial charge < -0.3 is 15.4 Å². The first-order chi connectivity index (χ1) is 9.08. The average Bonchev–Trinajstić information content (AvgIpc) is 3.17. The molecule has 1 saturated carbocycles. The molecule has 1 aromatic carbocycles. The number of nitrogens with two attached hydrogens (primary N) is 1. The van der Waals surface area contributed by atoms with Crippen LogP contribution in [0.1, 0.15) is 24.0 Å². The summed E-state index contributed by atoms with van der Waals surface area (Å²) in [5, 5.41) is 7.48. The molecule has 0 atom stereocenters. The van der Waals surface area contributed by atoms with Crippen LogP contribution in [0, 0.1) is 18.3 Å². The molecule has 104 valence electrons. The second kappa shape index (κ2) is 6.06. The third-order valence-electron chi connectivity index (χ3n) is 3.56. The Morgan fingerprint density at radius 2 is 2.21 bits per heavy atom. The lowest BCUT2D eigenvalue weighted by Crippen LogP contribution is -2.23. The van der Waals surface area contributed by atoms with Crippen LogP contribution in [0.4, 0.5) is 5.69 Å². The van der Waals surface area contributed by atoms with Crippen LogP contribution in [0.5, 0.6) is 0 Å². The first-order valence-electron chi connectivity index (χ1n) is 6.82. The molecule has 1 aliphatic rings. The van der Waals surface area contributed by atoms with Crippen molar-refractivity contribution in [2.75, 3.05) is 31.7 Å². The van der Waals surface area contributed by atoms with Gasteiger partial charge in [-0.05, 0) is 49.4 Å². The summed E-state index contributed by atoms with van der Waals surface area (Å²) in [6, 6.07) is 5.98. The Balaban J connectivity index is 1.85. The zero-order chi connectivity index (χ0) is 13.8. The van der Waals surface area contributed by atoms with Crippen molar-refractivity contribution in [2.45, 2.75) is 19.8 Å². The van der Waals surface area contributed by atoms with Gasteiger partial charge in [0.15, 0.2) is 0 Å². The molecule has 4 heteroatoms. The maximum Gasteiger partial charge on any atom is 0.123 e. The SMILES string of the molecule is Cc1cc(N(C)CCOCC2CC2)ccc1C(=N)N. The number of benzene rings is 1. The van der Waals surface area contributed by atoms with Gasteiger partial charge in [0, 0.05) is 31.5 Å². The first kappa shape index (κ1) is 13.9. The number of nitrogen functional groups attached to an aromatic ring is 1. The summed E-state index contributed by atoms with van der Waals surface area (Å²) < 4.78 is 5.65. The highest BCUT2D eigenvalue weighted by molar-refractivity contribution is 5.96. The van der Waals surface area contributed by atoms with Gasteiger partial charge in [-0.25, -0.2) is 0 Å². The van der Waals surface area contributed by atoms with E-state index in [4.69, 9.17) is 15.9 Å². The third kappa shape index (κ3) is 3.96. The van der Waals surface area contributed by atoms with Crippen LogP contribution in [0.3, 0.4) is 0 Å². The molecular formula is C15H23N3O. The zero-order valence-electron chi connectivity index (χ0n) is 11.8. The van der Waals surface area contributed by atoms with E-state index in [2.05, 4.69) is 18.0 Å². The van der Waals surface area contributed by atoms with Crippen molar-refractivity contribution in [3.05, 3.63) is 29.3 Å². The molecule has 0 spiro atoms. The maximum atomic E-state index is 7.48. The molecule has 0 unspecified atom stereocenters. The summed E-state index contributed by atoms with van der Waals surface area (Å²) in [4.78, 5) is 2.17. The molecule has 0 radical (unpaired) electrons. The first-order valence-corrected chi connectivity index (χ1v) is 6.82. The van der Waals surface area contributed by atoms with Crippen LogP contribution in [-0.2, 0) is 4.74 Å². The Bertz CT molecular complexity index is 455. The van der Waals surface area contributed by atoms with E-state index >= 15 is 0 Å². The van der Waals surface area contributed by atoms with Crippen LogP contribution in [-0.4, -0.2) is 32.6 Å². The number of likely N-dealkylation sites (N-methyl/N-ethyl adjacent to an activating group) is 1. The van der Waals surface area contributed by atoms with Crippen molar-refractivity contribution in [1.29, 1.82) is 5.41 Å². The van der Waals surface area contributed by atoms with Crippen molar-refractivity contribution in [3.63, 3.8) is 0 Å². The molecule has 0 saturated heterocycles. The minimum atomic E-state index is 0.125. The quantitative estimate of drug-likeness (QED) is 0.449. The van der Waals surface area contributed by atoms with E-state index in [9.17, 15) is 0 Å². The molecule has 2 rings (SSSR count). The zero-order valence-corrected chi connectivity index (χ0v) is 11.8. The Hall–Kier alpha value is -1.55. The topological polar surface area (TPSA) is 62.3 Å². The van der Waals surface area contributed by atoms with Gasteiger partial charge in [0.2, 0.25) is 0 Å². The Morgan fingerprint density at radius 3 is 2.79 bits per heavy atom. The minimum absolute atomic E-state index is 0.125. The number of aryl methyl sites for hydroxylation is 1. The largest absolute Gasteiger partial charge is 0.384 e. The van der Waals surface area contributed by atoms with E-state index in [1.807, 2.05) is 19.1 Å². The van der Waals surface area contributed by atoms with Crippen molar-refractivity contribution in [2.24, 2.45) is 11.7 Å². The predicted octanol–water partition coefficient (Wildman–Crippen LogP) is 2.14. The van der Waals surface area contributed by atoms with E-state index in [1.54, 1.807) is 0 Å². The Morgan fingerprint density at radius 1 is 1.47 bits per heavy atom. The third-order valence-corrected chi connectivity index (χ3v) is 3.56. The molecule has 1 fully saturated rings. The number of nitrogens with one attached hydrogen (secondary N) is 1. The van der Waals surface area contributed by atoms with E-state index in [1.165, 1.54) is 12.8 Å². The van der Waals surface area contributed by atoms with Crippen molar-refractivity contribution in [1.82, 2.24) is 0 Å². The molecule has 0 amide bonds. The van der Waals surface area contributed by atoms with E-state index in [-0.39, 0.29) is 5.84 Å². The highest BCUT2D eigenvalue weighted by Crippen LogP contribution is 2.28. The monoisotopic (exact) mass is 261 g/mol. The fourth-order valence-electron chi connectivity index (χ4n) is 2.05. The lowest BCUT2D eigenvalue weighted by atomic mass is 10.1. The summed E-state index contributed by atoms with van der Waals surface area (Å²) in [5.41, 5.74) is 8.50. The summed E-state index contributed by atoms with van der Waals surface area (Å²) in [7, 11) is 2.06. The number of anilines is 1. The standard InChI is InChI=1S/C15H23N3O/c1-11-9-13(5-6-14(11)15(16)17)18(2)7-8-19-10-12-3-4-12/h5-6,9,12H,3-4,7-8,10H2,1-2H3,(H3,16,17). The van der Waals surface area contributed by atoms with Crippen molar-refractivity contribution in [3.8, 4) is 0 Å². The van der Waals surface area contributed by atoms with Gasteiger partial charge in [0.25, 0.3) is 0 Å². The molecule has 0 aliphatic heterocycles. The second-order valence-electron chi connectivity index (χ2n) is 5.35. The van der Waals surface area contributed by atoms with Crippen LogP contribution in [0.25, 0.3) is 0 Å². The molecule has 1 aliphatic carbocycles. The van der Waals surface area contributed by atoms with E-state index in [0.717, 1.165) is 42.5 Å². The van der Waals surface area contributed by atoms with Gasteiger partial charge in [0.05, 0.1) is 6.61 Å². The van der Waals surface area contributed by atoms with E-state index in [0.29, 0.717) is 0 Å². The summed E-state index contributed by atoms with van der Waals surface area (Å²) in [6.45, 7) is 4.54. The summed E-state index contributed by atoms with van der Waals surface area (Å²) in [5.74, 6) is 0.946. The molecule has 0 aromatic heterocycles.